The van der Waals surface area contributed by atoms with Gasteiger partial charge in [0, 0.05) is 31.3 Å². The van der Waals surface area contributed by atoms with E-state index in [4.69, 9.17) is 4.74 Å². The van der Waals surface area contributed by atoms with Crippen molar-refractivity contribution >= 4 is 23.2 Å². The molecule has 2 aliphatic rings. The Hall–Kier alpha value is -1.53. The number of pyridine rings is 1. The van der Waals surface area contributed by atoms with E-state index in [2.05, 4.69) is 11.9 Å². The summed E-state index contributed by atoms with van der Waals surface area (Å²) in [5, 5.41) is 0.855. The van der Waals surface area contributed by atoms with Crippen LogP contribution in [0.3, 0.4) is 0 Å². The number of hydrogen-bond donors (Lipinski definition) is 0. The fourth-order valence-electron chi connectivity index (χ4n) is 5.01. The Morgan fingerprint density at radius 3 is 2.88 bits per heavy atom. The molecule has 2 saturated carbocycles. The Labute approximate surface area is 159 Å². The van der Waals surface area contributed by atoms with Gasteiger partial charge >= 0.3 is 0 Å². The van der Waals surface area contributed by atoms with Gasteiger partial charge in [-0.15, -0.1) is 0 Å². The van der Waals surface area contributed by atoms with E-state index >= 15 is 0 Å². The van der Waals surface area contributed by atoms with Gasteiger partial charge in [-0.2, -0.15) is 0 Å². The third-order valence-corrected chi connectivity index (χ3v) is 6.99. The third-order valence-electron chi connectivity index (χ3n) is 6.33. The normalized spacial score (nSPS) is 24.1. The first kappa shape index (κ1) is 17.9. The molecular weight excluding hydrogens is 346 g/mol. The first-order chi connectivity index (χ1) is 12.6. The van der Waals surface area contributed by atoms with E-state index in [9.17, 15) is 4.79 Å². The minimum atomic E-state index is 0.0280. The van der Waals surface area contributed by atoms with Crippen LogP contribution in [0.15, 0.2) is 29.6 Å². The topological polar surface area (TPSA) is 46.8 Å². The quantitative estimate of drug-likeness (QED) is 0.747. The highest BCUT2D eigenvalue weighted by molar-refractivity contribution is 7.98. The van der Waals surface area contributed by atoms with Crippen molar-refractivity contribution in [1.29, 1.82) is 0 Å². The lowest BCUT2D eigenvalue weighted by molar-refractivity contribution is -0.152. The summed E-state index contributed by atoms with van der Waals surface area (Å²) in [6.07, 6.45) is 10.0. The van der Waals surface area contributed by atoms with Crippen LogP contribution in [0, 0.1) is 5.41 Å². The summed E-state index contributed by atoms with van der Waals surface area (Å²) in [4.78, 5) is 19.9. The highest BCUT2D eigenvalue weighted by Crippen LogP contribution is 2.56. The Morgan fingerprint density at radius 2 is 2.19 bits per heavy atom. The van der Waals surface area contributed by atoms with Gasteiger partial charge in [0.25, 0.3) is 5.91 Å². The maximum atomic E-state index is 13.3. The van der Waals surface area contributed by atoms with Gasteiger partial charge < -0.3 is 9.64 Å². The lowest BCUT2D eigenvalue weighted by Crippen LogP contribution is -2.64. The van der Waals surface area contributed by atoms with Gasteiger partial charge in [-0.25, -0.2) is 4.98 Å². The Kier molecular flexibility index (Phi) is 4.73. The molecule has 6 heteroatoms. The minimum absolute atomic E-state index is 0.0280. The van der Waals surface area contributed by atoms with Crippen molar-refractivity contribution in [3.8, 4) is 0 Å². The molecule has 0 N–H and O–H groups in total. The second-order valence-corrected chi connectivity index (χ2v) is 8.23. The van der Waals surface area contributed by atoms with Gasteiger partial charge in [0.2, 0.25) is 0 Å². The Morgan fingerprint density at radius 1 is 1.42 bits per heavy atom. The monoisotopic (exact) mass is 373 g/mol. The van der Waals surface area contributed by atoms with Gasteiger partial charge in [-0.1, -0.05) is 30.7 Å². The molecule has 2 aliphatic carbocycles. The molecular formula is C20H27N3O2S. The van der Waals surface area contributed by atoms with Gasteiger partial charge in [0.05, 0.1) is 11.6 Å². The number of fused-ring (bicyclic) bond motifs is 1. The largest absolute Gasteiger partial charge is 0.378 e. The van der Waals surface area contributed by atoms with E-state index in [1.807, 2.05) is 47.0 Å². The van der Waals surface area contributed by atoms with Crippen molar-refractivity contribution in [2.75, 3.05) is 19.9 Å². The van der Waals surface area contributed by atoms with Crippen LogP contribution in [0.1, 0.15) is 49.5 Å². The Balaban J connectivity index is 1.63. The highest BCUT2D eigenvalue weighted by atomic mass is 32.2. The summed E-state index contributed by atoms with van der Waals surface area (Å²) in [5.41, 5.74) is 1.60. The molecule has 140 valence electrons. The summed E-state index contributed by atoms with van der Waals surface area (Å²) in [5.74, 6) is 0.0280. The number of imidazole rings is 1. The van der Waals surface area contributed by atoms with Crippen molar-refractivity contribution in [3.63, 3.8) is 0 Å². The summed E-state index contributed by atoms with van der Waals surface area (Å²) in [6, 6.07) is 6.17. The maximum Gasteiger partial charge on any atom is 0.274 e. The zero-order valence-electron chi connectivity index (χ0n) is 15.8. The number of carbonyl (C=O) groups excluding carboxylic acids is 1. The number of nitrogens with zero attached hydrogens (tertiary/aromatic N) is 3. The van der Waals surface area contributed by atoms with Gasteiger partial charge in [0.1, 0.15) is 0 Å². The zero-order valence-corrected chi connectivity index (χ0v) is 16.6. The van der Waals surface area contributed by atoms with Crippen LogP contribution in [0.5, 0.6) is 0 Å². The molecule has 1 amide bonds. The van der Waals surface area contributed by atoms with E-state index in [1.165, 1.54) is 25.7 Å². The lowest BCUT2D eigenvalue weighted by Gasteiger charge is -2.56. The molecule has 26 heavy (non-hydrogen) atoms. The van der Waals surface area contributed by atoms with Crippen molar-refractivity contribution in [2.45, 2.75) is 56.3 Å². The minimum Gasteiger partial charge on any atom is -0.378 e. The zero-order chi connectivity index (χ0) is 18.3. The van der Waals surface area contributed by atoms with E-state index in [1.54, 1.807) is 11.8 Å². The maximum absolute atomic E-state index is 13.3. The number of aromatic nitrogens is 2. The molecule has 0 saturated heterocycles. The van der Waals surface area contributed by atoms with E-state index in [0.717, 1.165) is 23.7 Å². The number of thioether (sulfide) groups is 1. The SMILES string of the molecule is CCO[C@@H]1C[C@H](N(C)C(=O)c2nc(SC)n3ccccc23)C12CCCC2. The third kappa shape index (κ3) is 2.57. The molecule has 5 nitrogen and oxygen atoms in total. The van der Waals surface area contributed by atoms with Gasteiger partial charge in [-0.05, 0) is 44.6 Å². The van der Waals surface area contributed by atoms with Crippen LogP contribution in [-0.4, -0.2) is 52.2 Å². The van der Waals surface area contributed by atoms with Crippen LogP contribution in [-0.2, 0) is 4.74 Å². The van der Waals surface area contributed by atoms with Crippen LogP contribution in [0.2, 0.25) is 0 Å². The van der Waals surface area contributed by atoms with Crippen LogP contribution in [0.4, 0.5) is 0 Å². The van der Waals surface area contributed by atoms with Crippen molar-refractivity contribution in [3.05, 3.63) is 30.1 Å². The smallest absolute Gasteiger partial charge is 0.274 e. The number of rotatable bonds is 5. The van der Waals surface area contributed by atoms with Crippen LogP contribution >= 0.6 is 11.8 Å². The van der Waals surface area contributed by atoms with Gasteiger partial charge in [-0.3, -0.25) is 9.20 Å². The first-order valence-corrected chi connectivity index (χ1v) is 10.7. The molecule has 0 bridgehead atoms. The molecule has 2 fully saturated rings. The highest BCUT2D eigenvalue weighted by Gasteiger charge is 2.59. The molecule has 0 radical (unpaired) electrons. The number of hydrogen-bond acceptors (Lipinski definition) is 4. The number of ether oxygens (including phenoxy) is 1. The molecule has 0 unspecified atom stereocenters. The molecule has 0 aliphatic heterocycles. The summed E-state index contributed by atoms with van der Waals surface area (Å²) < 4.78 is 8.01. The second-order valence-electron chi connectivity index (χ2n) is 7.45. The second kappa shape index (κ2) is 6.89. The fraction of sp³-hybridized carbons (Fsp3) is 0.600. The van der Waals surface area contributed by atoms with Crippen LogP contribution < -0.4 is 0 Å². The average molecular weight is 374 g/mol. The molecule has 0 aromatic carbocycles. The van der Waals surface area contributed by atoms with Crippen LogP contribution in [0.25, 0.3) is 5.52 Å². The molecule has 2 atom stereocenters. The van der Waals surface area contributed by atoms with E-state index < -0.39 is 0 Å². The molecule has 2 heterocycles. The van der Waals surface area contributed by atoms with Crippen molar-refractivity contribution < 1.29 is 9.53 Å². The standard InChI is InChI=1S/C20H27N3O2S/c1-4-25-16-13-15(20(16)10-6-7-11-20)22(2)18(24)17-14-9-5-8-12-23(14)19(21-17)26-3/h5,8-9,12,15-16H,4,6-7,10-11,13H2,1-3H3/t15-,16+/m0/s1. The first-order valence-electron chi connectivity index (χ1n) is 9.52. The summed E-state index contributed by atoms with van der Waals surface area (Å²) in [7, 11) is 1.95. The number of carbonyl (C=O) groups is 1. The summed E-state index contributed by atoms with van der Waals surface area (Å²) in [6.45, 7) is 2.81. The predicted molar refractivity (Wildman–Crippen MR) is 104 cm³/mol. The van der Waals surface area contributed by atoms with E-state index in [-0.39, 0.29) is 17.4 Å². The molecule has 1 spiro atoms. The Bertz CT molecular complexity index is 812. The number of amides is 1. The van der Waals surface area contributed by atoms with E-state index in [0.29, 0.717) is 11.8 Å². The predicted octanol–water partition coefficient (Wildman–Crippen LogP) is 3.87. The molecule has 2 aromatic heterocycles. The molecule has 2 aromatic rings. The van der Waals surface area contributed by atoms with Gasteiger partial charge in [0.15, 0.2) is 10.9 Å². The average Bonchev–Trinajstić information content (AvgIpc) is 3.30. The molecule has 4 rings (SSSR count). The van der Waals surface area contributed by atoms with Crippen molar-refractivity contribution in [1.82, 2.24) is 14.3 Å². The lowest BCUT2D eigenvalue weighted by atomic mass is 9.60. The fourth-order valence-corrected chi connectivity index (χ4v) is 5.55. The summed E-state index contributed by atoms with van der Waals surface area (Å²) >= 11 is 1.56. The van der Waals surface area contributed by atoms with Crippen molar-refractivity contribution in [2.24, 2.45) is 5.41 Å².